The fourth-order valence-electron chi connectivity index (χ4n) is 0.493. The van der Waals surface area contributed by atoms with E-state index in [0.717, 1.165) is 0 Å². The second kappa shape index (κ2) is 2.13. The summed E-state index contributed by atoms with van der Waals surface area (Å²) < 4.78 is 12.3. The Morgan fingerprint density at radius 2 is 2.44 bits per heavy atom. The summed E-state index contributed by atoms with van der Waals surface area (Å²) in [4.78, 5) is 1.28. The van der Waals surface area contributed by atoms with E-state index in [9.17, 15) is 4.39 Å². The summed E-state index contributed by atoms with van der Waals surface area (Å²) in [7, 11) is 1.63. The van der Waals surface area contributed by atoms with E-state index in [4.69, 9.17) is 0 Å². The normalized spacial score (nSPS) is 13.7. The van der Waals surface area contributed by atoms with Crippen LogP contribution in [0, 0.1) is 6.20 Å². The molecule has 1 aromatic rings. The zero-order valence-electron chi connectivity index (χ0n) is 5.30. The van der Waals surface area contributed by atoms with Crippen molar-refractivity contribution in [3.05, 3.63) is 11.9 Å². The number of rotatable bonds is 1. The highest BCUT2D eigenvalue weighted by atomic mass is 19.1. The Labute approximate surface area is 52.5 Å². The van der Waals surface area contributed by atoms with Gasteiger partial charge in [0.05, 0.1) is 0 Å². The molecule has 0 N–H and O–H groups in total. The van der Waals surface area contributed by atoms with Gasteiger partial charge in [0.15, 0.2) is 0 Å². The molecular weight excluding hydrogens is 121 g/mol. The SMILES string of the molecule is CC(F)c1[c]nn(C)n1. The van der Waals surface area contributed by atoms with Gasteiger partial charge < -0.3 is 0 Å². The number of nitrogens with zero attached hydrogens (tertiary/aromatic N) is 3. The summed E-state index contributed by atoms with van der Waals surface area (Å²) in [6, 6.07) is 0. The van der Waals surface area contributed by atoms with Crippen molar-refractivity contribution >= 4 is 0 Å². The molecule has 49 valence electrons. The van der Waals surface area contributed by atoms with Crippen LogP contribution >= 0.6 is 0 Å². The minimum absolute atomic E-state index is 0.262. The second-order valence-corrected chi connectivity index (χ2v) is 1.80. The predicted octanol–water partition coefficient (Wildman–Crippen LogP) is 0.646. The number of aromatic nitrogens is 3. The molecule has 0 aliphatic rings. The molecule has 0 saturated heterocycles. The monoisotopic (exact) mass is 128 g/mol. The van der Waals surface area contributed by atoms with Crippen molar-refractivity contribution in [1.82, 2.24) is 15.0 Å². The molecule has 1 rings (SSSR count). The third kappa shape index (κ3) is 1.25. The Morgan fingerprint density at radius 3 is 2.67 bits per heavy atom. The number of hydrogen-bond acceptors (Lipinski definition) is 2. The first kappa shape index (κ1) is 6.19. The van der Waals surface area contributed by atoms with Gasteiger partial charge in [0.1, 0.15) is 18.1 Å². The summed E-state index contributed by atoms with van der Waals surface area (Å²) in [5.41, 5.74) is 0.262. The maximum Gasteiger partial charge on any atom is 0.143 e. The molecular formula is C5H7FN3. The molecule has 3 nitrogen and oxygen atoms in total. The minimum Gasteiger partial charge on any atom is -0.241 e. The van der Waals surface area contributed by atoms with Crippen LogP contribution in [0.15, 0.2) is 0 Å². The molecule has 0 amide bonds. The smallest absolute Gasteiger partial charge is 0.143 e. The second-order valence-electron chi connectivity index (χ2n) is 1.80. The van der Waals surface area contributed by atoms with Gasteiger partial charge in [-0.2, -0.15) is 15.0 Å². The topological polar surface area (TPSA) is 30.7 Å². The van der Waals surface area contributed by atoms with Crippen molar-refractivity contribution in [3.63, 3.8) is 0 Å². The third-order valence-corrected chi connectivity index (χ3v) is 0.939. The molecule has 0 bridgehead atoms. The summed E-state index contributed by atoms with van der Waals surface area (Å²) in [6.07, 6.45) is 1.36. The zero-order chi connectivity index (χ0) is 6.85. The molecule has 1 unspecified atom stereocenters. The Kier molecular flexibility index (Phi) is 1.46. The quantitative estimate of drug-likeness (QED) is 0.555. The van der Waals surface area contributed by atoms with E-state index in [1.807, 2.05) is 0 Å². The average Bonchev–Trinajstić information content (AvgIpc) is 2.14. The van der Waals surface area contributed by atoms with Gasteiger partial charge in [-0.05, 0) is 6.92 Å². The van der Waals surface area contributed by atoms with E-state index < -0.39 is 6.17 Å². The fourth-order valence-corrected chi connectivity index (χ4v) is 0.493. The van der Waals surface area contributed by atoms with E-state index in [-0.39, 0.29) is 5.69 Å². The van der Waals surface area contributed by atoms with E-state index in [1.54, 1.807) is 7.05 Å². The van der Waals surface area contributed by atoms with Crippen LogP contribution in [-0.2, 0) is 7.05 Å². The Balaban J connectivity index is 2.85. The molecule has 1 atom stereocenters. The van der Waals surface area contributed by atoms with Gasteiger partial charge in [-0.15, -0.1) is 0 Å². The van der Waals surface area contributed by atoms with Crippen LogP contribution in [0.5, 0.6) is 0 Å². The van der Waals surface area contributed by atoms with E-state index in [0.29, 0.717) is 0 Å². The molecule has 1 heterocycles. The fraction of sp³-hybridized carbons (Fsp3) is 0.600. The first-order valence-corrected chi connectivity index (χ1v) is 2.63. The van der Waals surface area contributed by atoms with Crippen LogP contribution in [0.1, 0.15) is 18.8 Å². The van der Waals surface area contributed by atoms with Gasteiger partial charge in [-0.25, -0.2) is 4.39 Å². The predicted molar refractivity (Wildman–Crippen MR) is 29.4 cm³/mol. The standard InChI is InChI=1S/C5H7FN3/c1-4(6)5-3-7-9(2)8-5/h4H,1-2H3. The van der Waals surface area contributed by atoms with Crippen LogP contribution in [0.4, 0.5) is 4.39 Å². The van der Waals surface area contributed by atoms with Crippen molar-refractivity contribution in [1.29, 1.82) is 0 Å². The maximum atomic E-state index is 12.3. The number of alkyl halides is 1. The molecule has 0 fully saturated rings. The Morgan fingerprint density at radius 1 is 1.78 bits per heavy atom. The largest absolute Gasteiger partial charge is 0.241 e. The van der Waals surface area contributed by atoms with Crippen molar-refractivity contribution in [2.75, 3.05) is 0 Å². The molecule has 0 aliphatic heterocycles. The highest BCUT2D eigenvalue weighted by Gasteiger charge is 2.05. The van der Waals surface area contributed by atoms with E-state index in [1.165, 1.54) is 11.7 Å². The Hall–Kier alpha value is -0.930. The van der Waals surface area contributed by atoms with Crippen LogP contribution in [0.3, 0.4) is 0 Å². The summed E-state index contributed by atoms with van der Waals surface area (Å²) in [5, 5.41) is 7.26. The van der Waals surface area contributed by atoms with Crippen LogP contribution in [0.2, 0.25) is 0 Å². The molecule has 9 heavy (non-hydrogen) atoms. The molecule has 0 spiro atoms. The number of hydrogen-bond donors (Lipinski definition) is 0. The van der Waals surface area contributed by atoms with Crippen molar-refractivity contribution < 1.29 is 4.39 Å². The molecule has 4 heteroatoms. The van der Waals surface area contributed by atoms with Crippen molar-refractivity contribution in [2.45, 2.75) is 13.1 Å². The number of aryl methyl sites for hydroxylation is 1. The van der Waals surface area contributed by atoms with Gasteiger partial charge in [0, 0.05) is 7.05 Å². The third-order valence-electron chi connectivity index (χ3n) is 0.939. The van der Waals surface area contributed by atoms with Gasteiger partial charge in [-0.1, -0.05) is 0 Å². The van der Waals surface area contributed by atoms with Crippen LogP contribution in [0.25, 0.3) is 0 Å². The van der Waals surface area contributed by atoms with Crippen molar-refractivity contribution in [3.8, 4) is 0 Å². The van der Waals surface area contributed by atoms with E-state index in [2.05, 4.69) is 16.4 Å². The lowest BCUT2D eigenvalue weighted by molar-refractivity contribution is 0.362. The van der Waals surface area contributed by atoms with Gasteiger partial charge in [0.25, 0.3) is 0 Å². The van der Waals surface area contributed by atoms with Crippen LogP contribution in [-0.4, -0.2) is 15.0 Å². The van der Waals surface area contributed by atoms with E-state index >= 15 is 0 Å². The average molecular weight is 128 g/mol. The first-order chi connectivity index (χ1) is 4.20. The first-order valence-electron chi connectivity index (χ1n) is 2.63. The van der Waals surface area contributed by atoms with Gasteiger partial charge >= 0.3 is 0 Å². The van der Waals surface area contributed by atoms with Gasteiger partial charge in [-0.3, -0.25) is 0 Å². The summed E-state index contributed by atoms with van der Waals surface area (Å²) >= 11 is 0. The highest BCUT2D eigenvalue weighted by Crippen LogP contribution is 2.09. The maximum absolute atomic E-state index is 12.3. The highest BCUT2D eigenvalue weighted by molar-refractivity contribution is 4.92. The molecule has 0 saturated carbocycles. The molecule has 1 aromatic heterocycles. The Bertz CT molecular complexity index is 194. The molecule has 0 aromatic carbocycles. The number of halogens is 1. The summed E-state index contributed by atoms with van der Waals surface area (Å²) in [5.74, 6) is 0. The lowest BCUT2D eigenvalue weighted by Crippen LogP contribution is -1.93. The molecule has 0 aliphatic carbocycles. The zero-order valence-corrected chi connectivity index (χ0v) is 5.30. The van der Waals surface area contributed by atoms with Gasteiger partial charge in [0.2, 0.25) is 0 Å². The lowest BCUT2D eigenvalue weighted by Gasteiger charge is -1.89. The minimum atomic E-state index is -1.07. The lowest BCUT2D eigenvalue weighted by atomic mass is 10.3. The summed E-state index contributed by atoms with van der Waals surface area (Å²) in [6.45, 7) is 1.40. The van der Waals surface area contributed by atoms with Crippen molar-refractivity contribution in [2.24, 2.45) is 7.05 Å². The molecule has 1 radical (unpaired) electrons. The van der Waals surface area contributed by atoms with Crippen LogP contribution < -0.4 is 0 Å².